The van der Waals surface area contributed by atoms with Crippen molar-refractivity contribution in [1.82, 2.24) is 10.2 Å². The maximum absolute atomic E-state index is 13.5. The van der Waals surface area contributed by atoms with Gasteiger partial charge in [-0.2, -0.15) is 0 Å². The molecule has 0 unspecified atom stereocenters. The molecular weight excluding hydrogens is 388 g/mol. The van der Waals surface area contributed by atoms with Crippen LogP contribution in [0, 0.1) is 11.6 Å². The lowest BCUT2D eigenvalue weighted by Gasteiger charge is -2.22. The lowest BCUT2D eigenvalue weighted by Crippen LogP contribution is -2.43. The zero-order valence-corrected chi connectivity index (χ0v) is 17.7. The molecule has 0 spiro atoms. The summed E-state index contributed by atoms with van der Waals surface area (Å²) in [5.74, 6) is -2.08. The van der Waals surface area contributed by atoms with Gasteiger partial charge in [0.1, 0.15) is 6.54 Å². The summed E-state index contributed by atoms with van der Waals surface area (Å²) >= 11 is 0. The molecule has 1 heterocycles. The third-order valence-electron chi connectivity index (χ3n) is 6.11. The van der Waals surface area contributed by atoms with E-state index in [0.29, 0.717) is 18.8 Å². The van der Waals surface area contributed by atoms with Crippen LogP contribution in [-0.4, -0.2) is 42.5 Å². The number of benzene rings is 1. The minimum absolute atomic E-state index is 0.00445. The zero-order chi connectivity index (χ0) is 21.3. The number of urea groups is 1. The smallest absolute Gasteiger partial charge is 0.325 e. The van der Waals surface area contributed by atoms with Gasteiger partial charge in [-0.25, -0.2) is 13.6 Å². The molecule has 1 aromatic carbocycles. The van der Waals surface area contributed by atoms with Gasteiger partial charge in [-0.15, -0.1) is 0 Å². The topological polar surface area (TPSA) is 52.7 Å². The van der Waals surface area contributed by atoms with Gasteiger partial charge in [0.05, 0.1) is 0 Å². The van der Waals surface area contributed by atoms with E-state index in [0.717, 1.165) is 37.8 Å². The molecule has 2 aliphatic rings. The van der Waals surface area contributed by atoms with Crippen molar-refractivity contribution in [3.8, 4) is 0 Å². The summed E-state index contributed by atoms with van der Waals surface area (Å²) in [5.41, 5.74) is 0.307. The summed E-state index contributed by atoms with van der Waals surface area (Å²) in [7, 11) is 0. The minimum Gasteiger partial charge on any atom is -0.352 e. The van der Waals surface area contributed by atoms with E-state index in [9.17, 15) is 18.4 Å². The summed E-state index contributed by atoms with van der Waals surface area (Å²) in [5, 5.41) is 3.13. The number of amides is 3. The molecule has 7 heteroatoms. The van der Waals surface area contributed by atoms with Crippen LogP contribution in [0.25, 0.3) is 0 Å². The van der Waals surface area contributed by atoms with Crippen LogP contribution < -0.4 is 10.2 Å². The molecule has 3 amide bonds. The van der Waals surface area contributed by atoms with Crippen molar-refractivity contribution in [3.05, 3.63) is 29.8 Å². The highest BCUT2D eigenvalue weighted by Gasteiger charge is 2.31. The fraction of sp³-hybridized carbons (Fsp3) is 0.652. The Hall–Kier alpha value is -2.18. The van der Waals surface area contributed by atoms with Crippen molar-refractivity contribution in [2.75, 3.05) is 24.5 Å². The van der Waals surface area contributed by atoms with Crippen molar-refractivity contribution in [2.45, 2.75) is 76.7 Å². The first-order chi connectivity index (χ1) is 14.5. The molecule has 0 atom stereocenters. The van der Waals surface area contributed by atoms with Crippen molar-refractivity contribution >= 4 is 17.6 Å². The number of halogens is 2. The average Bonchev–Trinajstić information content (AvgIpc) is 3.06. The van der Waals surface area contributed by atoms with Crippen LogP contribution >= 0.6 is 0 Å². The maximum Gasteiger partial charge on any atom is 0.325 e. The Morgan fingerprint density at radius 3 is 2.10 bits per heavy atom. The van der Waals surface area contributed by atoms with E-state index in [2.05, 4.69) is 5.32 Å². The Morgan fingerprint density at radius 2 is 1.50 bits per heavy atom. The van der Waals surface area contributed by atoms with Crippen LogP contribution in [0.2, 0.25) is 0 Å². The van der Waals surface area contributed by atoms with E-state index in [4.69, 9.17) is 0 Å². The molecule has 5 nitrogen and oxygen atoms in total. The molecular formula is C23H33F2N3O2. The summed E-state index contributed by atoms with van der Waals surface area (Å²) in [6.07, 6.45) is 13.1. The van der Waals surface area contributed by atoms with Crippen LogP contribution in [0.4, 0.5) is 19.3 Å². The molecule has 30 heavy (non-hydrogen) atoms. The molecule has 1 N–H and O–H groups in total. The number of rotatable bonds is 4. The Balaban J connectivity index is 1.50. The number of nitrogens with zero attached hydrogens (tertiary/aromatic N) is 2. The highest BCUT2D eigenvalue weighted by Crippen LogP contribution is 2.22. The van der Waals surface area contributed by atoms with E-state index in [1.54, 1.807) is 0 Å². The highest BCUT2D eigenvalue weighted by atomic mass is 19.2. The van der Waals surface area contributed by atoms with Gasteiger partial charge in [0, 0.05) is 30.9 Å². The first-order valence-corrected chi connectivity index (χ1v) is 11.4. The quantitative estimate of drug-likeness (QED) is 0.744. The van der Waals surface area contributed by atoms with Crippen molar-refractivity contribution < 1.29 is 18.4 Å². The summed E-state index contributed by atoms with van der Waals surface area (Å²) in [4.78, 5) is 28.1. The molecule has 1 aliphatic carbocycles. The SMILES string of the molecule is O=C(CN1CCN(c2ccc(F)c(F)c2)C1=O)NC1CCCCCCCCCCC1. The van der Waals surface area contributed by atoms with Crippen LogP contribution in [0.1, 0.15) is 70.6 Å². The predicted molar refractivity (Wildman–Crippen MR) is 113 cm³/mol. The molecule has 0 bridgehead atoms. The van der Waals surface area contributed by atoms with Gasteiger partial charge >= 0.3 is 6.03 Å². The van der Waals surface area contributed by atoms with Crippen molar-refractivity contribution in [3.63, 3.8) is 0 Å². The fourth-order valence-corrected chi connectivity index (χ4v) is 4.38. The molecule has 0 aromatic heterocycles. The number of anilines is 1. The van der Waals surface area contributed by atoms with Gasteiger partial charge in [0.25, 0.3) is 0 Å². The summed E-state index contributed by atoms with van der Waals surface area (Å²) in [6.45, 7) is 0.728. The van der Waals surface area contributed by atoms with E-state index < -0.39 is 11.6 Å². The minimum atomic E-state index is -0.987. The normalized spacial score (nSPS) is 20.0. The van der Waals surface area contributed by atoms with Gasteiger partial charge in [0.15, 0.2) is 11.6 Å². The largest absolute Gasteiger partial charge is 0.352 e. The van der Waals surface area contributed by atoms with Crippen LogP contribution in [0.15, 0.2) is 18.2 Å². The predicted octanol–water partition coefficient (Wildman–Crippen LogP) is 5.00. The molecule has 1 aliphatic heterocycles. The lowest BCUT2D eigenvalue weighted by molar-refractivity contribution is -0.122. The monoisotopic (exact) mass is 421 g/mol. The molecule has 1 saturated heterocycles. The third kappa shape index (κ3) is 6.41. The van der Waals surface area contributed by atoms with Crippen LogP contribution in [-0.2, 0) is 4.79 Å². The third-order valence-corrected chi connectivity index (χ3v) is 6.11. The first kappa shape index (κ1) is 22.5. The molecule has 1 aromatic rings. The van der Waals surface area contributed by atoms with E-state index >= 15 is 0 Å². The lowest BCUT2D eigenvalue weighted by atomic mass is 9.98. The average molecular weight is 422 g/mol. The molecule has 3 rings (SSSR count). The standard InChI is InChI=1S/C23H33F2N3O2/c24-20-13-12-19(16-21(20)25)28-15-14-27(23(28)30)17-22(29)26-18-10-8-6-4-2-1-3-5-7-9-11-18/h12-13,16,18H,1-11,14-15,17H2,(H,26,29). The van der Waals surface area contributed by atoms with Gasteiger partial charge in [-0.3, -0.25) is 9.69 Å². The Bertz CT molecular complexity index is 716. The summed E-state index contributed by atoms with van der Waals surface area (Å²) < 4.78 is 26.7. The molecule has 2 fully saturated rings. The Labute approximate surface area is 177 Å². The Kier molecular flexibility index (Phi) is 8.46. The number of hydrogen-bond donors (Lipinski definition) is 1. The maximum atomic E-state index is 13.5. The molecule has 0 radical (unpaired) electrons. The first-order valence-electron chi connectivity index (χ1n) is 11.4. The fourth-order valence-electron chi connectivity index (χ4n) is 4.38. The van der Waals surface area contributed by atoms with E-state index in [-0.39, 0.29) is 24.5 Å². The number of nitrogens with one attached hydrogen (secondary N) is 1. The van der Waals surface area contributed by atoms with Gasteiger partial charge in [-0.1, -0.05) is 57.8 Å². The van der Waals surface area contributed by atoms with Crippen molar-refractivity contribution in [2.24, 2.45) is 0 Å². The van der Waals surface area contributed by atoms with E-state index in [1.807, 2.05) is 0 Å². The second-order valence-corrected chi connectivity index (χ2v) is 8.48. The van der Waals surface area contributed by atoms with Gasteiger partial charge in [-0.05, 0) is 25.0 Å². The van der Waals surface area contributed by atoms with Gasteiger partial charge in [0.2, 0.25) is 5.91 Å². The number of hydrogen-bond acceptors (Lipinski definition) is 2. The second kappa shape index (κ2) is 11.3. The number of carbonyl (C=O) groups is 2. The highest BCUT2D eigenvalue weighted by molar-refractivity contribution is 5.96. The second-order valence-electron chi connectivity index (χ2n) is 8.48. The van der Waals surface area contributed by atoms with Crippen LogP contribution in [0.5, 0.6) is 0 Å². The number of carbonyl (C=O) groups excluding carboxylic acids is 2. The Morgan fingerprint density at radius 1 is 0.900 bits per heavy atom. The van der Waals surface area contributed by atoms with Crippen molar-refractivity contribution in [1.29, 1.82) is 0 Å². The van der Waals surface area contributed by atoms with Gasteiger partial charge < -0.3 is 10.2 Å². The molecule has 166 valence electrons. The van der Waals surface area contributed by atoms with Crippen LogP contribution in [0.3, 0.4) is 0 Å². The molecule has 1 saturated carbocycles. The summed E-state index contributed by atoms with van der Waals surface area (Å²) in [6, 6.07) is 3.22. The van der Waals surface area contributed by atoms with E-state index in [1.165, 1.54) is 60.8 Å². The zero-order valence-electron chi connectivity index (χ0n) is 17.7.